The monoisotopic (exact) mass is 317 g/mol. The second kappa shape index (κ2) is 7.13. The molecule has 0 saturated heterocycles. The number of rotatable bonds is 6. The van der Waals surface area contributed by atoms with Gasteiger partial charge in [0.05, 0.1) is 6.42 Å². The molecule has 1 aliphatic rings. The first-order valence-corrected chi connectivity index (χ1v) is 8.24. The van der Waals surface area contributed by atoms with Crippen molar-refractivity contribution in [2.24, 2.45) is 4.99 Å². The van der Waals surface area contributed by atoms with Crippen LogP contribution < -0.4 is 5.32 Å². The van der Waals surface area contributed by atoms with Crippen LogP contribution in [0, 0.1) is 0 Å². The summed E-state index contributed by atoms with van der Waals surface area (Å²) in [6, 6.07) is 8.33. The van der Waals surface area contributed by atoms with Gasteiger partial charge in [0.25, 0.3) is 0 Å². The zero-order valence-corrected chi connectivity index (χ0v) is 14.7. The van der Waals surface area contributed by atoms with Gasteiger partial charge in [0, 0.05) is 19.2 Å². The zero-order chi connectivity index (χ0) is 17.0. The summed E-state index contributed by atoms with van der Waals surface area (Å²) in [6.07, 6.45) is 1.13. The number of nitrogens with one attached hydrogen (secondary N) is 1. The molecule has 0 fully saturated rings. The lowest BCUT2D eigenvalue weighted by Gasteiger charge is -2.21. The van der Waals surface area contributed by atoms with E-state index in [1.54, 1.807) is 5.06 Å². The standard InChI is InChI=1S/C18H27N3O2/c1-6-11-19-16(22)12-18(4)20-17(21(5)23-18)15-9-7-14(8-10-15)13(2)3/h7-10,13H,6,11-12H2,1-5H3,(H,19,22). The summed E-state index contributed by atoms with van der Waals surface area (Å²) in [7, 11) is 1.82. The third-order valence-corrected chi connectivity index (χ3v) is 3.87. The fraction of sp³-hybridized carbons (Fsp3) is 0.556. The van der Waals surface area contributed by atoms with Gasteiger partial charge >= 0.3 is 0 Å². The molecule has 23 heavy (non-hydrogen) atoms. The van der Waals surface area contributed by atoms with Crippen molar-refractivity contribution in [1.82, 2.24) is 10.4 Å². The van der Waals surface area contributed by atoms with E-state index in [0.717, 1.165) is 17.8 Å². The van der Waals surface area contributed by atoms with Gasteiger partial charge in [-0.2, -0.15) is 0 Å². The second-order valence-electron chi connectivity index (χ2n) is 6.50. The molecule has 1 heterocycles. The molecule has 1 amide bonds. The van der Waals surface area contributed by atoms with Crippen LogP contribution in [0.25, 0.3) is 0 Å². The third-order valence-electron chi connectivity index (χ3n) is 3.87. The highest BCUT2D eigenvalue weighted by Gasteiger charge is 2.37. The Morgan fingerprint density at radius 2 is 2.00 bits per heavy atom. The average Bonchev–Trinajstić information content (AvgIpc) is 2.79. The summed E-state index contributed by atoms with van der Waals surface area (Å²) in [5.41, 5.74) is 1.44. The van der Waals surface area contributed by atoms with E-state index in [-0.39, 0.29) is 12.3 Å². The maximum absolute atomic E-state index is 12.0. The van der Waals surface area contributed by atoms with Crippen LogP contribution in [0.2, 0.25) is 0 Å². The Morgan fingerprint density at radius 3 is 2.57 bits per heavy atom. The quantitative estimate of drug-likeness (QED) is 0.877. The van der Waals surface area contributed by atoms with Gasteiger partial charge < -0.3 is 5.32 Å². The minimum atomic E-state index is -0.849. The maximum atomic E-state index is 12.0. The van der Waals surface area contributed by atoms with Crippen LogP contribution in [-0.4, -0.2) is 36.1 Å². The molecule has 1 unspecified atom stereocenters. The minimum Gasteiger partial charge on any atom is -0.356 e. The molecule has 0 spiro atoms. The van der Waals surface area contributed by atoms with Crippen molar-refractivity contribution >= 4 is 11.7 Å². The molecule has 5 nitrogen and oxygen atoms in total. The van der Waals surface area contributed by atoms with Crippen molar-refractivity contribution in [3.05, 3.63) is 35.4 Å². The molecule has 5 heteroatoms. The number of aliphatic imine (C=N–C) groups is 1. The summed E-state index contributed by atoms with van der Waals surface area (Å²) in [4.78, 5) is 22.4. The molecule has 0 saturated carbocycles. The van der Waals surface area contributed by atoms with Crippen LogP contribution in [0.3, 0.4) is 0 Å². The summed E-state index contributed by atoms with van der Waals surface area (Å²) in [5, 5.41) is 4.52. The lowest BCUT2D eigenvalue weighted by molar-refractivity contribution is -0.166. The van der Waals surface area contributed by atoms with Gasteiger partial charge in [-0.3, -0.25) is 4.79 Å². The van der Waals surface area contributed by atoms with Gasteiger partial charge in [-0.1, -0.05) is 45.0 Å². The van der Waals surface area contributed by atoms with Crippen LogP contribution in [0.15, 0.2) is 29.3 Å². The zero-order valence-electron chi connectivity index (χ0n) is 14.7. The van der Waals surface area contributed by atoms with Crippen molar-refractivity contribution in [1.29, 1.82) is 0 Å². The minimum absolute atomic E-state index is 0.0390. The van der Waals surface area contributed by atoms with Crippen molar-refractivity contribution in [2.75, 3.05) is 13.6 Å². The fourth-order valence-corrected chi connectivity index (χ4v) is 2.61. The number of hydrogen-bond acceptors (Lipinski definition) is 4. The van der Waals surface area contributed by atoms with Gasteiger partial charge in [0.15, 0.2) is 11.6 Å². The van der Waals surface area contributed by atoms with E-state index >= 15 is 0 Å². The Morgan fingerprint density at radius 1 is 1.35 bits per heavy atom. The van der Waals surface area contributed by atoms with Crippen molar-refractivity contribution in [3.8, 4) is 0 Å². The number of benzene rings is 1. The van der Waals surface area contributed by atoms with Crippen LogP contribution in [0.5, 0.6) is 0 Å². The predicted octanol–water partition coefficient (Wildman–Crippen LogP) is 3.07. The number of carbonyl (C=O) groups is 1. The first-order valence-electron chi connectivity index (χ1n) is 8.24. The molecule has 126 valence electrons. The molecule has 1 aromatic rings. The van der Waals surface area contributed by atoms with E-state index in [1.807, 2.05) is 20.9 Å². The molecule has 0 radical (unpaired) electrons. The molecule has 2 rings (SSSR count). The van der Waals surface area contributed by atoms with Crippen LogP contribution in [-0.2, 0) is 9.63 Å². The van der Waals surface area contributed by atoms with E-state index in [4.69, 9.17) is 4.84 Å². The SMILES string of the molecule is CCCNC(=O)CC1(C)N=C(c2ccc(C(C)C)cc2)N(C)O1. The van der Waals surface area contributed by atoms with Gasteiger partial charge in [0.2, 0.25) is 5.91 Å². The highest BCUT2D eigenvalue weighted by atomic mass is 16.7. The highest BCUT2D eigenvalue weighted by Crippen LogP contribution is 2.28. The van der Waals surface area contributed by atoms with Crippen molar-refractivity contribution < 1.29 is 9.63 Å². The van der Waals surface area contributed by atoms with Crippen LogP contribution in [0.1, 0.15) is 57.6 Å². The molecule has 1 aromatic carbocycles. The van der Waals surface area contributed by atoms with Crippen molar-refractivity contribution in [3.63, 3.8) is 0 Å². The fourth-order valence-electron chi connectivity index (χ4n) is 2.61. The lowest BCUT2D eigenvalue weighted by Crippen LogP contribution is -2.35. The Kier molecular flexibility index (Phi) is 5.42. The smallest absolute Gasteiger partial charge is 0.225 e. The molecule has 1 atom stereocenters. The molecular formula is C18H27N3O2. The van der Waals surface area contributed by atoms with E-state index < -0.39 is 5.72 Å². The third kappa shape index (κ3) is 4.32. The largest absolute Gasteiger partial charge is 0.356 e. The van der Waals surface area contributed by atoms with Crippen molar-refractivity contribution in [2.45, 2.75) is 52.2 Å². The number of carbonyl (C=O) groups excluding carboxylic acids is 1. The molecule has 0 aromatic heterocycles. The predicted molar refractivity (Wildman–Crippen MR) is 92.2 cm³/mol. The molecule has 0 aliphatic carbocycles. The Bertz CT molecular complexity index is 580. The molecule has 1 aliphatic heterocycles. The number of hydroxylamine groups is 2. The Balaban J connectivity index is 2.14. The summed E-state index contributed by atoms with van der Waals surface area (Å²) < 4.78 is 0. The van der Waals surface area contributed by atoms with Gasteiger partial charge in [0.1, 0.15) is 0 Å². The van der Waals surface area contributed by atoms with E-state index in [2.05, 4.69) is 48.4 Å². The Hall–Kier alpha value is -1.88. The average molecular weight is 317 g/mol. The topological polar surface area (TPSA) is 53.9 Å². The van der Waals surface area contributed by atoms with Gasteiger partial charge in [-0.25, -0.2) is 14.9 Å². The highest BCUT2D eigenvalue weighted by molar-refractivity contribution is 5.99. The molecule has 1 N–H and O–H groups in total. The number of hydrogen-bond donors (Lipinski definition) is 1. The van der Waals surface area contributed by atoms with E-state index in [0.29, 0.717) is 12.5 Å². The van der Waals surface area contributed by atoms with E-state index in [1.165, 1.54) is 5.56 Å². The Labute approximate surface area is 138 Å². The number of nitrogens with zero attached hydrogens (tertiary/aromatic N) is 2. The number of amidine groups is 1. The van der Waals surface area contributed by atoms with Gasteiger partial charge in [-0.05, 0) is 24.8 Å². The lowest BCUT2D eigenvalue weighted by atomic mass is 10.0. The number of amides is 1. The summed E-state index contributed by atoms with van der Waals surface area (Å²) >= 11 is 0. The summed E-state index contributed by atoms with van der Waals surface area (Å²) in [6.45, 7) is 8.88. The first-order chi connectivity index (χ1) is 10.8. The maximum Gasteiger partial charge on any atom is 0.225 e. The first kappa shape index (κ1) is 17.5. The van der Waals surface area contributed by atoms with Crippen LogP contribution in [0.4, 0.5) is 0 Å². The molecule has 0 bridgehead atoms. The second-order valence-corrected chi connectivity index (χ2v) is 6.50. The van der Waals surface area contributed by atoms with E-state index in [9.17, 15) is 4.79 Å². The summed E-state index contributed by atoms with van der Waals surface area (Å²) in [5.74, 6) is 1.21. The van der Waals surface area contributed by atoms with Crippen LogP contribution >= 0.6 is 0 Å². The molecular weight excluding hydrogens is 290 g/mol. The van der Waals surface area contributed by atoms with Gasteiger partial charge in [-0.15, -0.1) is 0 Å². The normalized spacial score (nSPS) is 20.8.